The molecular weight excluding hydrogens is 176 g/mol. The fourth-order valence-corrected chi connectivity index (χ4v) is 0.691. The number of carboxylic acid groups (broad SMARTS) is 1. The van der Waals surface area contributed by atoms with Crippen LogP contribution < -0.4 is 10.6 Å². The molecule has 1 amide bonds. The fraction of sp³-hybridized carbons (Fsp3) is 0.714. The lowest BCUT2D eigenvalue weighted by Gasteiger charge is -2.10. The minimum absolute atomic E-state index is 0.195. The minimum Gasteiger partial charge on any atom is -0.480 e. The number of aliphatic hydroxyl groups is 1. The van der Waals surface area contributed by atoms with E-state index < -0.39 is 24.5 Å². The van der Waals surface area contributed by atoms with Crippen LogP contribution in [0, 0.1) is 0 Å². The first-order valence-corrected chi connectivity index (χ1v) is 3.89. The van der Waals surface area contributed by atoms with Gasteiger partial charge in [-0.05, 0) is 7.05 Å². The maximum atomic E-state index is 11.0. The average molecular weight is 190 g/mol. The SMILES string of the molecule is CNCCC(=O)NC(CO)C(=O)O. The summed E-state index contributed by atoms with van der Waals surface area (Å²) in [6.45, 7) is -0.121. The number of amides is 1. The molecule has 13 heavy (non-hydrogen) atoms. The van der Waals surface area contributed by atoms with Crippen molar-refractivity contribution in [1.29, 1.82) is 0 Å². The molecule has 4 N–H and O–H groups in total. The molecule has 0 saturated heterocycles. The van der Waals surface area contributed by atoms with E-state index in [1.807, 2.05) is 0 Å². The highest BCUT2D eigenvalue weighted by Gasteiger charge is 2.17. The molecule has 0 saturated carbocycles. The number of nitrogens with one attached hydrogen (secondary N) is 2. The lowest BCUT2D eigenvalue weighted by Crippen LogP contribution is -2.43. The molecule has 0 aliphatic carbocycles. The fourth-order valence-electron chi connectivity index (χ4n) is 0.691. The van der Waals surface area contributed by atoms with Gasteiger partial charge in [0.15, 0.2) is 0 Å². The van der Waals surface area contributed by atoms with E-state index >= 15 is 0 Å². The van der Waals surface area contributed by atoms with Crippen LogP contribution in [0.5, 0.6) is 0 Å². The molecule has 76 valence electrons. The van der Waals surface area contributed by atoms with E-state index in [0.29, 0.717) is 6.54 Å². The molecule has 0 aromatic heterocycles. The Morgan fingerprint density at radius 1 is 1.46 bits per heavy atom. The van der Waals surface area contributed by atoms with Crippen LogP contribution in [0.4, 0.5) is 0 Å². The molecule has 1 unspecified atom stereocenters. The van der Waals surface area contributed by atoms with E-state index in [0.717, 1.165) is 0 Å². The van der Waals surface area contributed by atoms with Crippen LogP contribution >= 0.6 is 0 Å². The van der Waals surface area contributed by atoms with Crippen LogP contribution in [0.15, 0.2) is 0 Å². The van der Waals surface area contributed by atoms with Crippen molar-refractivity contribution in [3.8, 4) is 0 Å². The molecule has 6 heteroatoms. The van der Waals surface area contributed by atoms with Crippen molar-refractivity contribution in [3.63, 3.8) is 0 Å². The summed E-state index contributed by atoms with van der Waals surface area (Å²) in [5.74, 6) is -1.63. The molecule has 0 aromatic rings. The Balaban J connectivity index is 3.80. The van der Waals surface area contributed by atoms with Gasteiger partial charge < -0.3 is 20.8 Å². The van der Waals surface area contributed by atoms with Gasteiger partial charge in [-0.1, -0.05) is 0 Å². The molecular formula is C7H14N2O4. The van der Waals surface area contributed by atoms with E-state index in [2.05, 4.69) is 10.6 Å². The Labute approximate surface area is 75.9 Å². The molecule has 0 aliphatic heterocycles. The molecule has 0 fully saturated rings. The van der Waals surface area contributed by atoms with Crippen molar-refractivity contribution in [2.75, 3.05) is 20.2 Å². The maximum absolute atomic E-state index is 11.0. The standard InChI is InChI=1S/C7H14N2O4/c1-8-3-2-6(11)9-5(4-10)7(12)13/h5,8,10H,2-4H2,1H3,(H,9,11)(H,12,13). The Morgan fingerprint density at radius 3 is 2.46 bits per heavy atom. The van der Waals surface area contributed by atoms with Gasteiger partial charge in [-0.25, -0.2) is 4.79 Å². The van der Waals surface area contributed by atoms with Gasteiger partial charge in [-0.2, -0.15) is 0 Å². The van der Waals surface area contributed by atoms with Gasteiger partial charge in [0.2, 0.25) is 5.91 Å². The third-order valence-electron chi connectivity index (χ3n) is 1.42. The normalized spacial score (nSPS) is 12.2. The van der Waals surface area contributed by atoms with E-state index in [-0.39, 0.29) is 6.42 Å². The third kappa shape index (κ3) is 5.15. The third-order valence-corrected chi connectivity index (χ3v) is 1.42. The average Bonchev–Trinajstić information content (AvgIpc) is 2.10. The Kier molecular flexibility index (Phi) is 5.82. The summed E-state index contributed by atoms with van der Waals surface area (Å²) in [7, 11) is 1.69. The Hall–Kier alpha value is -1.14. The number of carbonyl (C=O) groups is 2. The van der Waals surface area contributed by atoms with Gasteiger partial charge in [-0.15, -0.1) is 0 Å². The monoisotopic (exact) mass is 190 g/mol. The van der Waals surface area contributed by atoms with Gasteiger partial charge in [0.05, 0.1) is 6.61 Å². The van der Waals surface area contributed by atoms with E-state index in [4.69, 9.17) is 10.2 Å². The van der Waals surface area contributed by atoms with Crippen molar-refractivity contribution in [3.05, 3.63) is 0 Å². The first-order valence-electron chi connectivity index (χ1n) is 3.89. The number of hydrogen-bond donors (Lipinski definition) is 4. The summed E-state index contributed by atoms with van der Waals surface area (Å²) >= 11 is 0. The van der Waals surface area contributed by atoms with Crippen LogP contribution in [0.25, 0.3) is 0 Å². The highest BCUT2D eigenvalue weighted by molar-refractivity contribution is 5.83. The molecule has 0 radical (unpaired) electrons. The van der Waals surface area contributed by atoms with Gasteiger partial charge in [0.25, 0.3) is 0 Å². The Morgan fingerprint density at radius 2 is 2.08 bits per heavy atom. The van der Waals surface area contributed by atoms with Crippen molar-refractivity contribution >= 4 is 11.9 Å². The first-order chi connectivity index (χ1) is 6.11. The highest BCUT2D eigenvalue weighted by Crippen LogP contribution is 1.84. The molecule has 0 bridgehead atoms. The van der Waals surface area contributed by atoms with Crippen LogP contribution in [0.1, 0.15) is 6.42 Å². The summed E-state index contributed by atoms with van der Waals surface area (Å²) in [6, 6.07) is -1.20. The zero-order valence-electron chi connectivity index (χ0n) is 7.41. The predicted molar refractivity (Wildman–Crippen MR) is 45.2 cm³/mol. The maximum Gasteiger partial charge on any atom is 0.328 e. The van der Waals surface area contributed by atoms with E-state index in [9.17, 15) is 9.59 Å². The second-order valence-corrected chi connectivity index (χ2v) is 2.49. The zero-order valence-corrected chi connectivity index (χ0v) is 7.41. The zero-order chi connectivity index (χ0) is 10.3. The van der Waals surface area contributed by atoms with Crippen molar-refractivity contribution in [2.24, 2.45) is 0 Å². The lowest BCUT2D eigenvalue weighted by atomic mass is 10.3. The minimum atomic E-state index is -1.24. The molecule has 0 heterocycles. The lowest BCUT2D eigenvalue weighted by molar-refractivity contribution is -0.142. The van der Waals surface area contributed by atoms with Crippen molar-refractivity contribution < 1.29 is 19.8 Å². The van der Waals surface area contributed by atoms with Crippen LogP contribution in [-0.4, -0.2) is 48.3 Å². The second kappa shape index (κ2) is 6.38. The highest BCUT2D eigenvalue weighted by atomic mass is 16.4. The second-order valence-electron chi connectivity index (χ2n) is 2.49. The number of aliphatic hydroxyl groups excluding tert-OH is 1. The molecule has 0 rings (SSSR count). The Bertz CT molecular complexity index is 183. The quantitative estimate of drug-likeness (QED) is 0.394. The molecule has 0 aromatic carbocycles. The van der Waals surface area contributed by atoms with Gasteiger partial charge >= 0.3 is 5.97 Å². The number of rotatable bonds is 6. The summed E-state index contributed by atoms with van der Waals surface area (Å²) in [5.41, 5.74) is 0. The summed E-state index contributed by atoms with van der Waals surface area (Å²) < 4.78 is 0. The topological polar surface area (TPSA) is 98.7 Å². The smallest absolute Gasteiger partial charge is 0.328 e. The molecule has 0 aliphatic rings. The van der Waals surface area contributed by atoms with Gasteiger partial charge in [0, 0.05) is 13.0 Å². The van der Waals surface area contributed by atoms with Crippen LogP contribution in [0.2, 0.25) is 0 Å². The number of hydrogen-bond acceptors (Lipinski definition) is 4. The number of carboxylic acids is 1. The largest absolute Gasteiger partial charge is 0.480 e. The predicted octanol–water partition coefficient (Wildman–Crippen LogP) is -1.84. The molecule has 1 atom stereocenters. The van der Waals surface area contributed by atoms with Crippen LogP contribution in [0.3, 0.4) is 0 Å². The van der Waals surface area contributed by atoms with Crippen molar-refractivity contribution in [2.45, 2.75) is 12.5 Å². The summed E-state index contributed by atoms with van der Waals surface area (Å²) in [4.78, 5) is 21.3. The van der Waals surface area contributed by atoms with Gasteiger partial charge in [-0.3, -0.25) is 4.79 Å². The first kappa shape index (κ1) is 11.9. The van der Waals surface area contributed by atoms with E-state index in [1.54, 1.807) is 7.05 Å². The van der Waals surface area contributed by atoms with Crippen molar-refractivity contribution in [1.82, 2.24) is 10.6 Å². The number of carbonyl (C=O) groups excluding carboxylic acids is 1. The summed E-state index contributed by atoms with van der Waals surface area (Å²) in [6.07, 6.45) is 0.195. The van der Waals surface area contributed by atoms with Gasteiger partial charge in [0.1, 0.15) is 6.04 Å². The van der Waals surface area contributed by atoms with E-state index in [1.165, 1.54) is 0 Å². The molecule has 6 nitrogen and oxygen atoms in total. The molecule has 0 spiro atoms. The number of aliphatic carboxylic acids is 1. The van der Waals surface area contributed by atoms with Crippen LogP contribution in [-0.2, 0) is 9.59 Å². The summed E-state index contributed by atoms with van der Waals surface area (Å²) in [5, 5.41) is 21.9.